The Labute approximate surface area is 125 Å². The molecule has 0 radical (unpaired) electrons. The number of halogens is 1. The summed E-state index contributed by atoms with van der Waals surface area (Å²) < 4.78 is 18.8. The molecular weight excluding hydrogens is 273 g/mol. The first kappa shape index (κ1) is 17.4. The number of carbonyl (C=O) groups excluding carboxylic acids is 1. The average molecular weight is 297 g/mol. The number of hydrogen-bond donors (Lipinski definition) is 2. The number of nitrogens with one attached hydrogen (secondary N) is 1. The molecule has 0 saturated carbocycles. The van der Waals surface area contributed by atoms with Crippen LogP contribution in [-0.2, 0) is 4.79 Å². The Morgan fingerprint density at radius 3 is 2.71 bits per heavy atom. The zero-order chi connectivity index (χ0) is 15.8. The lowest BCUT2D eigenvalue weighted by atomic mass is 10.1. The van der Waals surface area contributed by atoms with Gasteiger partial charge < -0.3 is 15.2 Å². The number of carbonyl (C=O) groups is 1. The molecule has 118 valence electrons. The van der Waals surface area contributed by atoms with Crippen LogP contribution >= 0.6 is 0 Å². The maximum absolute atomic E-state index is 13.3. The summed E-state index contributed by atoms with van der Waals surface area (Å²) in [6, 6.07) is 3.90. The van der Waals surface area contributed by atoms with E-state index in [1.165, 1.54) is 18.2 Å². The highest BCUT2D eigenvalue weighted by atomic mass is 19.1. The average Bonchev–Trinajstić information content (AvgIpc) is 2.43. The van der Waals surface area contributed by atoms with Crippen LogP contribution < -0.4 is 10.1 Å². The Kier molecular flexibility index (Phi) is 7.15. The highest BCUT2D eigenvalue weighted by Crippen LogP contribution is 2.26. The van der Waals surface area contributed by atoms with Crippen LogP contribution in [0.3, 0.4) is 0 Å². The predicted octanol–water partition coefficient (Wildman–Crippen LogP) is 2.95. The van der Waals surface area contributed by atoms with Crippen molar-refractivity contribution in [2.24, 2.45) is 0 Å². The van der Waals surface area contributed by atoms with E-state index in [9.17, 15) is 14.3 Å². The van der Waals surface area contributed by atoms with Crippen molar-refractivity contribution >= 4 is 5.91 Å². The molecule has 21 heavy (non-hydrogen) atoms. The Morgan fingerprint density at radius 2 is 2.10 bits per heavy atom. The number of rotatable bonds is 8. The van der Waals surface area contributed by atoms with Gasteiger partial charge in [0, 0.05) is 18.2 Å². The van der Waals surface area contributed by atoms with Crippen LogP contribution in [0, 0.1) is 5.82 Å². The lowest BCUT2D eigenvalue weighted by molar-refractivity contribution is -0.127. The van der Waals surface area contributed by atoms with E-state index in [0.29, 0.717) is 12.1 Å². The molecule has 1 unspecified atom stereocenters. The Bertz CT molecular complexity index is 463. The minimum Gasteiger partial charge on any atom is -0.480 e. The first-order valence-electron chi connectivity index (χ1n) is 7.37. The summed E-state index contributed by atoms with van der Waals surface area (Å²) in [5.74, 6) is -0.516. The zero-order valence-corrected chi connectivity index (χ0v) is 12.9. The number of aliphatic hydroxyl groups excluding tert-OH is 1. The van der Waals surface area contributed by atoms with Gasteiger partial charge in [0.1, 0.15) is 11.6 Å². The fourth-order valence-electron chi connectivity index (χ4n) is 1.93. The third-order valence-electron chi connectivity index (χ3n) is 3.18. The van der Waals surface area contributed by atoms with E-state index in [2.05, 4.69) is 12.2 Å². The highest BCUT2D eigenvalue weighted by molar-refractivity contribution is 5.80. The molecule has 0 aliphatic carbocycles. The second kappa shape index (κ2) is 8.62. The fourth-order valence-corrected chi connectivity index (χ4v) is 1.93. The summed E-state index contributed by atoms with van der Waals surface area (Å²) in [6.45, 7) is 5.86. The van der Waals surface area contributed by atoms with Crippen LogP contribution in [0.15, 0.2) is 18.2 Å². The highest BCUT2D eigenvalue weighted by Gasteiger charge is 2.18. The van der Waals surface area contributed by atoms with Crippen LogP contribution in [0.2, 0.25) is 0 Å². The van der Waals surface area contributed by atoms with Gasteiger partial charge in [-0.15, -0.1) is 0 Å². The van der Waals surface area contributed by atoms with Gasteiger partial charge in [-0.25, -0.2) is 4.39 Å². The summed E-state index contributed by atoms with van der Waals surface area (Å²) >= 11 is 0. The Morgan fingerprint density at radius 1 is 1.38 bits per heavy atom. The first-order chi connectivity index (χ1) is 9.95. The minimum atomic E-state index is -0.791. The Balaban J connectivity index is 2.63. The van der Waals surface area contributed by atoms with Crippen molar-refractivity contribution in [2.75, 3.05) is 6.54 Å². The molecule has 5 heteroatoms. The molecule has 1 amide bonds. The molecule has 0 saturated heterocycles. The number of ether oxygens (including phenoxy) is 1. The number of benzene rings is 1. The molecule has 0 aliphatic heterocycles. The minimum absolute atomic E-state index is 0.196. The second-order valence-corrected chi connectivity index (χ2v) is 5.12. The van der Waals surface area contributed by atoms with Gasteiger partial charge in [-0.3, -0.25) is 4.79 Å². The van der Waals surface area contributed by atoms with Crippen LogP contribution in [0.1, 0.15) is 51.7 Å². The van der Waals surface area contributed by atoms with Crippen LogP contribution in [0.25, 0.3) is 0 Å². The van der Waals surface area contributed by atoms with E-state index in [1.54, 1.807) is 13.8 Å². The smallest absolute Gasteiger partial charge is 0.260 e. The van der Waals surface area contributed by atoms with Gasteiger partial charge in [-0.1, -0.05) is 19.8 Å². The summed E-state index contributed by atoms with van der Waals surface area (Å²) in [6.07, 6.45) is 1.54. The number of hydrogen-bond acceptors (Lipinski definition) is 3. The topological polar surface area (TPSA) is 58.6 Å². The summed E-state index contributed by atoms with van der Waals surface area (Å²) in [4.78, 5) is 11.9. The third-order valence-corrected chi connectivity index (χ3v) is 3.18. The van der Waals surface area contributed by atoms with Crippen molar-refractivity contribution in [3.8, 4) is 5.75 Å². The van der Waals surface area contributed by atoms with Crippen molar-refractivity contribution in [3.05, 3.63) is 29.6 Å². The normalized spacial score (nSPS) is 13.6. The summed E-state index contributed by atoms with van der Waals surface area (Å²) in [7, 11) is 0. The van der Waals surface area contributed by atoms with Gasteiger partial charge in [0.15, 0.2) is 6.10 Å². The van der Waals surface area contributed by atoms with Crippen LogP contribution in [0.5, 0.6) is 5.75 Å². The molecule has 0 bridgehead atoms. The molecule has 1 aromatic rings. The van der Waals surface area contributed by atoms with E-state index in [0.717, 1.165) is 19.3 Å². The maximum Gasteiger partial charge on any atom is 0.260 e. The molecule has 2 N–H and O–H groups in total. The van der Waals surface area contributed by atoms with Gasteiger partial charge in [0.25, 0.3) is 5.91 Å². The number of amides is 1. The van der Waals surface area contributed by atoms with Crippen LogP contribution in [-0.4, -0.2) is 23.7 Å². The van der Waals surface area contributed by atoms with Gasteiger partial charge in [-0.2, -0.15) is 0 Å². The predicted molar refractivity (Wildman–Crippen MR) is 79.7 cm³/mol. The van der Waals surface area contributed by atoms with Crippen molar-refractivity contribution in [1.82, 2.24) is 5.32 Å². The van der Waals surface area contributed by atoms with E-state index < -0.39 is 18.0 Å². The maximum atomic E-state index is 13.3. The van der Waals surface area contributed by atoms with E-state index in [-0.39, 0.29) is 11.7 Å². The first-order valence-corrected chi connectivity index (χ1v) is 7.37. The number of unbranched alkanes of at least 4 members (excludes halogenated alkanes) is 2. The molecule has 1 rings (SSSR count). The van der Waals surface area contributed by atoms with Gasteiger partial charge >= 0.3 is 0 Å². The molecule has 0 aliphatic rings. The van der Waals surface area contributed by atoms with Crippen molar-refractivity contribution in [1.29, 1.82) is 0 Å². The van der Waals surface area contributed by atoms with Gasteiger partial charge in [0.2, 0.25) is 0 Å². The summed E-state index contributed by atoms with van der Waals surface area (Å²) in [5, 5.41) is 12.4. The van der Waals surface area contributed by atoms with Crippen molar-refractivity contribution in [2.45, 2.75) is 52.2 Å². The quantitative estimate of drug-likeness (QED) is 0.725. The van der Waals surface area contributed by atoms with E-state index >= 15 is 0 Å². The van der Waals surface area contributed by atoms with E-state index in [4.69, 9.17) is 4.74 Å². The molecule has 0 fully saturated rings. The van der Waals surface area contributed by atoms with Crippen LogP contribution in [0.4, 0.5) is 4.39 Å². The SMILES string of the molecule is CCCCCNC(=O)C(C)Oc1cc(F)ccc1[C@@H](C)O. The fraction of sp³-hybridized carbons (Fsp3) is 0.562. The molecule has 1 aromatic carbocycles. The third kappa shape index (κ3) is 5.71. The lowest BCUT2D eigenvalue weighted by Crippen LogP contribution is -2.37. The molecule has 4 nitrogen and oxygen atoms in total. The van der Waals surface area contributed by atoms with Crippen molar-refractivity contribution in [3.63, 3.8) is 0 Å². The monoisotopic (exact) mass is 297 g/mol. The Hall–Kier alpha value is -1.62. The lowest BCUT2D eigenvalue weighted by Gasteiger charge is -2.18. The molecule has 0 aromatic heterocycles. The largest absolute Gasteiger partial charge is 0.480 e. The van der Waals surface area contributed by atoms with Crippen molar-refractivity contribution < 1.29 is 19.0 Å². The summed E-state index contributed by atoms with van der Waals surface area (Å²) in [5.41, 5.74) is 0.460. The van der Waals surface area contributed by atoms with E-state index in [1.807, 2.05) is 0 Å². The molecule has 0 spiro atoms. The van der Waals surface area contributed by atoms with Gasteiger partial charge in [0.05, 0.1) is 6.10 Å². The zero-order valence-electron chi connectivity index (χ0n) is 12.9. The molecule has 2 atom stereocenters. The van der Waals surface area contributed by atoms with Gasteiger partial charge in [-0.05, 0) is 32.4 Å². The molecule has 0 heterocycles. The molecular formula is C16H24FNO3. The standard InChI is InChI=1S/C16H24FNO3/c1-4-5-6-9-18-16(20)12(3)21-15-10-13(17)7-8-14(15)11(2)19/h7-8,10-12,19H,4-6,9H2,1-3H3,(H,18,20)/t11-,12?/m1/s1. The number of aliphatic hydroxyl groups is 1. The second-order valence-electron chi connectivity index (χ2n) is 5.12.